The molecule has 1 N–H and O–H groups in total. The third kappa shape index (κ3) is 4.05. The molecule has 5 heteroatoms. The van der Waals surface area contributed by atoms with Gasteiger partial charge in [0.1, 0.15) is 11.6 Å². The van der Waals surface area contributed by atoms with Crippen LogP contribution < -0.4 is 10.1 Å². The van der Waals surface area contributed by atoms with Crippen molar-refractivity contribution in [2.75, 3.05) is 25.5 Å². The van der Waals surface area contributed by atoms with E-state index in [-0.39, 0.29) is 23.7 Å². The quantitative estimate of drug-likeness (QED) is 0.871. The van der Waals surface area contributed by atoms with Gasteiger partial charge < -0.3 is 10.1 Å². The Morgan fingerprint density at radius 3 is 2.50 bits per heavy atom. The normalized spacial score (nSPS) is 16.9. The minimum atomic E-state index is -0.170. The molecule has 1 aliphatic heterocycles. The van der Waals surface area contributed by atoms with Gasteiger partial charge in [0, 0.05) is 17.5 Å². The molecule has 0 aliphatic carbocycles. The average molecular weight is 356 g/mol. The summed E-state index contributed by atoms with van der Waals surface area (Å²) in [5.41, 5.74) is 1.41. The van der Waals surface area contributed by atoms with E-state index >= 15 is 0 Å². The second kappa shape index (κ2) is 8.32. The number of hydrogen-bond donors (Lipinski definition) is 1. The molecular formula is C21H25FN2O2. The molecule has 1 unspecified atom stereocenters. The van der Waals surface area contributed by atoms with E-state index in [1.165, 1.54) is 6.07 Å². The molecule has 26 heavy (non-hydrogen) atoms. The number of hydrogen-bond acceptors (Lipinski definition) is 3. The van der Waals surface area contributed by atoms with E-state index in [1.54, 1.807) is 13.2 Å². The van der Waals surface area contributed by atoms with Crippen LogP contribution in [-0.4, -0.2) is 31.0 Å². The van der Waals surface area contributed by atoms with Gasteiger partial charge >= 0.3 is 0 Å². The summed E-state index contributed by atoms with van der Waals surface area (Å²) in [6, 6.07) is 14.3. The summed E-state index contributed by atoms with van der Waals surface area (Å²) >= 11 is 0. The van der Waals surface area contributed by atoms with Crippen LogP contribution in [0.5, 0.6) is 5.75 Å². The monoisotopic (exact) mass is 356 g/mol. The Hall–Kier alpha value is -2.40. The molecule has 0 spiro atoms. The van der Waals surface area contributed by atoms with E-state index in [2.05, 4.69) is 10.2 Å². The molecule has 4 nitrogen and oxygen atoms in total. The first-order valence-electron chi connectivity index (χ1n) is 9.02. The number of halogens is 1. The summed E-state index contributed by atoms with van der Waals surface area (Å²) in [5.74, 6) is 0.471. The zero-order chi connectivity index (χ0) is 18.5. The van der Waals surface area contributed by atoms with Gasteiger partial charge in [0.05, 0.1) is 12.8 Å². The molecule has 0 bridgehead atoms. The fraction of sp³-hybridized carbons (Fsp3) is 0.381. The summed E-state index contributed by atoms with van der Waals surface area (Å²) in [4.78, 5) is 14.8. The van der Waals surface area contributed by atoms with Crippen molar-refractivity contribution in [3.05, 3.63) is 59.9 Å². The van der Waals surface area contributed by atoms with Gasteiger partial charge in [0.25, 0.3) is 0 Å². The Morgan fingerprint density at radius 1 is 1.15 bits per heavy atom. The minimum Gasteiger partial charge on any atom is -0.495 e. The van der Waals surface area contributed by atoms with Crippen LogP contribution in [0.15, 0.2) is 48.5 Å². The Kier molecular flexibility index (Phi) is 5.89. The van der Waals surface area contributed by atoms with Crippen molar-refractivity contribution in [2.24, 2.45) is 5.92 Å². The Morgan fingerprint density at radius 2 is 1.81 bits per heavy atom. The molecule has 138 valence electrons. The van der Waals surface area contributed by atoms with E-state index in [4.69, 9.17) is 4.74 Å². The molecule has 1 amide bonds. The maximum atomic E-state index is 14.0. The number of benzene rings is 2. The molecule has 2 aromatic rings. The maximum Gasteiger partial charge on any atom is 0.227 e. The highest BCUT2D eigenvalue weighted by Gasteiger charge is 2.28. The van der Waals surface area contributed by atoms with Crippen LogP contribution in [0.4, 0.5) is 10.1 Å². The number of ether oxygens (including phenoxy) is 1. The van der Waals surface area contributed by atoms with Gasteiger partial charge in [-0.05, 0) is 51.1 Å². The number of anilines is 1. The van der Waals surface area contributed by atoms with Crippen LogP contribution in [0.25, 0.3) is 0 Å². The van der Waals surface area contributed by atoms with Crippen LogP contribution in [0.3, 0.4) is 0 Å². The molecule has 2 aromatic carbocycles. The highest BCUT2D eigenvalue weighted by atomic mass is 19.1. The molecule has 0 radical (unpaired) electrons. The van der Waals surface area contributed by atoms with Gasteiger partial charge in [-0.25, -0.2) is 4.39 Å². The van der Waals surface area contributed by atoms with Crippen LogP contribution >= 0.6 is 0 Å². The summed E-state index contributed by atoms with van der Waals surface area (Å²) in [7, 11) is 1.59. The third-order valence-corrected chi connectivity index (χ3v) is 5.17. The number of amides is 1. The van der Waals surface area contributed by atoms with Gasteiger partial charge in [0.15, 0.2) is 0 Å². The van der Waals surface area contributed by atoms with E-state index in [1.807, 2.05) is 43.3 Å². The summed E-state index contributed by atoms with van der Waals surface area (Å²) in [6.07, 6.45) is 1.53. The fourth-order valence-electron chi connectivity index (χ4n) is 3.54. The number of nitrogens with one attached hydrogen (secondary N) is 1. The summed E-state index contributed by atoms with van der Waals surface area (Å²) in [5, 5.41) is 2.97. The van der Waals surface area contributed by atoms with Crippen LogP contribution in [0.1, 0.15) is 31.4 Å². The highest BCUT2D eigenvalue weighted by Crippen LogP contribution is 2.29. The highest BCUT2D eigenvalue weighted by molar-refractivity contribution is 5.94. The standard InChI is InChI=1S/C21H25FN2O2/c1-15(17-7-3-4-8-18(17)22)24-13-11-16(12-14-24)21(25)23-19-9-5-6-10-20(19)26-2/h3-10,15-16H,11-14H2,1-2H3,(H,23,25). The van der Waals surface area contributed by atoms with E-state index in [0.717, 1.165) is 25.9 Å². The van der Waals surface area contributed by atoms with Gasteiger partial charge in [0.2, 0.25) is 5.91 Å². The van der Waals surface area contributed by atoms with Gasteiger partial charge in [-0.2, -0.15) is 0 Å². The van der Waals surface area contributed by atoms with Crippen LogP contribution in [0.2, 0.25) is 0 Å². The molecule has 1 fully saturated rings. The number of carbonyl (C=O) groups excluding carboxylic acids is 1. The number of piperidine rings is 1. The van der Waals surface area contributed by atoms with Crippen molar-refractivity contribution in [1.82, 2.24) is 4.90 Å². The minimum absolute atomic E-state index is 0.00873. The molecule has 3 rings (SSSR count). The predicted molar refractivity (Wildman–Crippen MR) is 101 cm³/mol. The largest absolute Gasteiger partial charge is 0.495 e. The van der Waals surface area contributed by atoms with Crippen molar-refractivity contribution in [3.63, 3.8) is 0 Å². The Labute approximate surface area is 154 Å². The lowest BCUT2D eigenvalue weighted by Crippen LogP contribution is -2.39. The van der Waals surface area contributed by atoms with Crippen molar-refractivity contribution < 1.29 is 13.9 Å². The number of nitrogens with zero attached hydrogens (tertiary/aromatic N) is 1. The zero-order valence-corrected chi connectivity index (χ0v) is 15.2. The van der Waals surface area contributed by atoms with E-state index < -0.39 is 0 Å². The maximum absolute atomic E-state index is 14.0. The lowest BCUT2D eigenvalue weighted by atomic mass is 9.93. The van der Waals surface area contributed by atoms with E-state index in [9.17, 15) is 9.18 Å². The first kappa shape index (κ1) is 18.4. The number of rotatable bonds is 5. The average Bonchev–Trinajstić information content (AvgIpc) is 2.68. The Balaban J connectivity index is 1.58. The van der Waals surface area contributed by atoms with Crippen molar-refractivity contribution in [3.8, 4) is 5.75 Å². The molecule has 1 atom stereocenters. The van der Waals surface area contributed by atoms with Gasteiger partial charge in [-0.1, -0.05) is 30.3 Å². The van der Waals surface area contributed by atoms with Crippen LogP contribution in [0, 0.1) is 11.7 Å². The number of likely N-dealkylation sites (tertiary alicyclic amines) is 1. The molecule has 1 aliphatic rings. The third-order valence-electron chi connectivity index (χ3n) is 5.17. The van der Waals surface area contributed by atoms with Crippen LogP contribution in [-0.2, 0) is 4.79 Å². The molecule has 0 saturated carbocycles. The van der Waals surface area contributed by atoms with Gasteiger partial charge in [-0.15, -0.1) is 0 Å². The molecular weight excluding hydrogens is 331 g/mol. The SMILES string of the molecule is COc1ccccc1NC(=O)C1CCN(C(C)c2ccccc2F)CC1. The lowest BCUT2D eigenvalue weighted by Gasteiger charge is -2.35. The molecule has 1 saturated heterocycles. The summed E-state index contributed by atoms with van der Waals surface area (Å²) in [6.45, 7) is 3.58. The Bertz CT molecular complexity index is 757. The molecule has 0 aromatic heterocycles. The van der Waals surface area contributed by atoms with Gasteiger partial charge in [-0.3, -0.25) is 9.69 Å². The summed E-state index contributed by atoms with van der Waals surface area (Å²) < 4.78 is 19.3. The fourth-order valence-corrected chi connectivity index (χ4v) is 3.54. The van der Waals surface area contributed by atoms with Crippen molar-refractivity contribution >= 4 is 11.6 Å². The number of para-hydroxylation sites is 2. The molecule has 1 heterocycles. The number of methoxy groups -OCH3 is 1. The first-order chi connectivity index (χ1) is 12.6. The second-order valence-corrected chi connectivity index (χ2v) is 6.70. The van der Waals surface area contributed by atoms with E-state index in [0.29, 0.717) is 17.0 Å². The first-order valence-corrected chi connectivity index (χ1v) is 9.02. The smallest absolute Gasteiger partial charge is 0.227 e. The predicted octanol–water partition coefficient (Wildman–Crippen LogP) is 4.25. The second-order valence-electron chi connectivity index (χ2n) is 6.70. The number of carbonyl (C=O) groups is 1. The lowest BCUT2D eigenvalue weighted by molar-refractivity contribution is -0.121. The van der Waals surface area contributed by atoms with Crippen molar-refractivity contribution in [2.45, 2.75) is 25.8 Å². The topological polar surface area (TPSA) is 41.6 Å². The van der Waals surface area contributed by atoms with Crippen molar-refractivity contribution in [1.29, 1.82) is 0 Å². The zero-order valence-electron chi connectivity index (χ0n) is 15.2.